The van der Waals surface area contributed by atoms with E-state index in [4.69, 9.17) is 10.8 Å². The third kappa shape index (κ3) is 3.58. The molecule has 1 aromatic heterocycles. The number of alkyl halides is 3. The Morgan fingerprint density at radius 1 is 1.34 bits per heavy atom. The Morgan fingerprint density at radius 2 is 2.00 bits per heavy atom. The monoisotopic (exact) mass is 412 g/mol. The number of hydrogen-bond donors (Lipinski definition) is 4. The lowest BCUT2D eigenvalue weighted by Gasteiger charge is -2.36. The standard InChI is InChI=1S/C18H19F3N4O4/c1-9-2-3-11(17(29,8-26)18(19,20)21)4-12(9)13-5-23-15(22)14(24-13)10-6-25(7-10)16(27)28/h2-5,10,26,29H,6-8H2,1H3,(H2,22,23)(H,27,28). The van der Waals surface area contributed by atoms with E-state index in [2.05, 4.69) is 9.97 Å². The highest BCUT2D eigenvalue weighted by molar-refractivity contribution is 5.68. The number of halogens is 3. The predicted octanol–water partition coefficient (Wildman–Crippen LogP) is 1.85. The van der Waals surface area contributed by atoms with E-state index in [-0.39, 0.29) is 36.1 Å². The molecule has 11 heteroatoms. The number of aryl methyl sites for hydroxylation is 1. The number of nitrogens with zero attached hydrogens (tertiary/aromatic N) is 3. The van der Waals surface area contributed by atoms with Crippen LogP contribution < -0.4 is 5.73 Å². The van der Waals surface area contributed by atoms with Crippen molar-refractivity contribution in [3.05, 3.63) is 41.2 Å². The SMILES string of the molecule is Cc1ccc(C(O)(CO)C(F)(F)F)cc1-c1cnc(N)c(C2CN(C(=O)O)C2)n1. The molecule has 1 atom stereocenters. The van der Waals surface area contributed by atoms with Gasteiger partial charge in [-0.15, -0.1) is 0 Å². The normalized spacial score (nSPS) is 17.0. The van der Waals surface area contributed by atoms with E-state index in [0.29, 0.717) is 11.3 Å². The first-order chi connectivity index (χ1) is 13.5. The van der Waals surface area contributed by atoms with Gasteiger partial charge in [0.15, 0.2) is 0 Å². The summed E-state index contributed by atoms with van der Waals surface area (Å²) < 4.78 is 39.9. The molecule has 29 heavy (non-hydrogen) atoms. The van der Waals surface area contributed by atoms with Crippen molar-refractivity contribution in [1.29, 1.82) is 0 Å². The maximum atomic E-state index is 13.3. The maximum absolute atomic E-state index is 13.3. The first-order valence-corrected chi connectivity index (χ1v) is 8.59. The molecule has 0 spiro atoms. The van der Waals surface area contributed by atoms with Gasteiger partial charge in [0, 0.05) is 24.6 Å². The van der Waals surface area contributed by atoms with Gasteiger partial charge in [-0.05, 0) is 24.1 Å². The topological polar surface area (TPSA) is 133 Å². The number of rotatable bonds is 4. The Balaban J connectivity index is 2.01. The average molecular weight is 412 g/mol. The Bertz CT molecular complexity index is 947. The number of aliphatic hydroxyl groups is 2. The molecule has 1 unspecified atom stereocenters. The van der Waals surface area contributed by atoms with Crippen LogP contribution in [0, 0.1) is 6.92 Å². The predicted molar refractivity (Wildman–Crippen MR) is 96.0 cm³/mol. The van der Waals surface area contributed by atoms with Gasteiger partial charge in [-0.25, -0.2) is 14.8 Å². The van der Waals surface area contributed by atoms with Crippen molar-refractivity contribution in [2.24, 2.45) is 0 Å². The zero-order chi connectivity index (χ0) is 21.6. The number of anilines is 1. The Kier molecular flexibility index (Phi) is 5.13. The second kappa shape index (κ2) is 7.16. The summed E-state index contributed by atoms with van der Waals surface area (Å²) in [5.41, 5.74) is 3.34. The van der Waals surface area contributed by atoms with E-state index >= 15 is 0 Å². The van der Waals surface area contributed by atoms with Crippen LogP contribution in [0.4, 0.5) is 23.8 Å². The summed E-state index contributed by atoms with van der Waals surface area (Å²) in [5, 5.41) is 28.2. The van der Waals surface area contributed by atoms with Crippen LogP contribution in [-0.2, 0) is 5.60 Å². The van der Waals surface area contributed by atoms with E-state index in [1.54, 1.807) is 6.92 Å². The molecule has 3 rings (SSSR count). The number of nitrogen functional groups attached to an aromatic ring is 1. The quantitative estimate of drug-likeness (QED) is 0.602. The van der Waals surface area contributed by atoms with Crippen LogP contribution in [0.2, 0.25) is 0 Å². The van der Waals surface area contributed by atoms with E-state index in [0.717, 1.165) is 12.1 Å². The molecular formula is C18H19F3N4O4. The van der Waals surface area contributed by atoms with Gasteiger partial charge in [-0.2, -0.15) is 13.2 Å². The van der Waals surface area contributed by atoms with Crippen LogP contribution in [0.25, 0.3) is 11.3 Å². The zero-order valence-corrected chi connectivity index (χ0v) is 15.3. The molecule has 156 valence electrons. The van der Waals surface area contributed by atoms with Crippen molar-refractivity contribution >= 4 is 11.9 Å². The summed E-state index contributed by atoms with van der Waals surface area (Å²) in [6.45, 7) is 0.493. The van der Waals surface area contributed by atoms with Crippen LogP contribution >= 0.6 is 0 Å². The highest BCUT2D eigenvalue weighted by atomic mass is 19.4. The molecule has 1 aromatic carbocycles. The highest BCUT2D eigenvalue weighted by Crippen LogP contribution is 2.40. The molecular weight excluding hydrogens is 393 g/mol. The molecule has 2 aromatic rings. The molecule has 1 aliphatic rings. The van der Waals surface area contributed by atoms with Crippen LogP contribution in [0.3, 0.4) is 0 Å². The lowest BCUT2D eigenvalue weighted by molar-refractivity contribution is -0.277. The van der Waals surface area contributed by atoms with Crippen LogP contribution in [-0.4, -0.2) is 62.2 Å². The highest BCUT2D eigenvalue weighted by Gasteiger charge is 2.54. The van der Waals surface area contributed by atoms with Crippen molar-refractivity contribution in [2.45, 2.75) is 24.6 Å². The first kappa shape index (κ1) is 20.8. The second-order valence-corrected chi connectivity index (χ2v) is 6.96. The number of likely N-dealkylation sites (tertiary alicyclic amines) is 1. The fourth-order valence-electron chi connectivity index (χ4n) is 3.15. The smallest absolute Gasteiger partial charge is 0.423 e. The van der Waals surface area contributed by atoms with Gasteiger partial charge in [0.1, 0.15) is 5.82 Å². The molecule has 2 heterocycles. The van der Waals surface area contributed by atoms with Gasteiger partial charge >= 0.3 is 12.3 Å². The number of hydrogen-bond acceptors (Lipinski definition) is 6. The number of carbonyl (C=O) groups is 1. The van der Waals surface area contributed by atoms with E-state index in [1.807, 2.05) is 0 Å². The van der Waals surface area contributed by atoms with Gasteiger partial charge in [0.25, 0.3) is 0 Å². The minimum absolute atomic E-state index is 0.111. The van der Waals surface area contributed by atoms with Crippen molar-refractivity contribution in [1.82, 2.24) is 14.9 Å². The van der Waals surface area contributed by atoms with Gasteiger partial charge in [0.2, 0.25) is 5.60 Å². The number of benzene rings is 1. The lowest BCUT2D eigenvalue weighted by Crippen LogP contribution is -2.48. The Labute approximate surface area is 163 Å². The summed E-state index contributed by atoms with van der Waals surface area (Å²) >= 11 is 0. The van der Waals surface area contributed by atoms with Gasteiger partial charge in [-0.1, -0.05) is 12.1 Å². The lowest BCUT2D eigenvalue weighted by atomic mass is 9.90. The molecule has 0 aliphatic carbocycles. The molecule has 1 aliphatic heterocycles. The molecule has 1 amide bonds. The number of amides is 1. The van der Waals surface area contributed by atoms with Gasteiger partial charge < -0.3 is 26.0 Å². The molecule has 0 radical (unpaired) electrons. The van der Waals surface area contributed by atoms with E-state index in [9.17, 15) is 28.2 Å². The van der Waals surface area contributed by atoms with Gasteiger partial charge in [-0.3, -0.25) is 0 Å². The largest absolute Gasteiger partial charge is 0.465 e. The minimum atomic E-state index is -5.08. The van der Waals surface area contributed by atoms with Gasteiger partial charge in [0.05, 0.1) is 24.2 Å². The van der Waals surface area contributed by atoms with Crippen molar-refractivity contribution in [2.75, 3.05) is 25.4 Å². The first-order valence-electron chi connectivity index (χ1n) is 8.59. The zero-order valence-electron chi connectivity index (χ0n) is 15.3. The van der Waals surface area contributed by atoms with E-state index < -0.39 is 30.0 Å². The third-order valence-corrected chi connectivity index (χ3v) is 5.06. The summed E-state index contributed by atoms with van der Waals surface area (Å²) in [4.78, 5) is 20.6. The summed E-state index contributed by atoms with van der Waals surface area (Å²) in [6, 6.07) is 3.57. The van der Waals surface area contributed by atoms with Crippen LogP contribution in [0.5, 0.6) is 0 Å². The molecule has 1 saturated heterocycles. The summed E-state index contributed by atoms with van der Waals surface area (Å²) in [6.07, 6.45) is -4.86. The molecule has 8 nitrogen and oxygen atoms in total. The van der Waals surface area contributed by atoms with Crippen molar-refractivity contribution in [3.63, 3.8) is 0 Å². The average Bonchev–Trinajstić information content (AvgIpc) is 2.60. The summed E-state index contributed by atoms with van der Waals surface area (Å²) in [5.74, 6) is -0.161. The maximum Gasteiger partial charge on any atom is 0.423 e. The Hall–Kier alpha value is -2.92. The second-order valence-electron chi connectivity index (χ2n) is 6.96. The number of nitrogens with two attached hydrogens (primary N) is 1. The fourth-order valence-corrected chi connectivity index (χ4v) is 3.15. The molecule has 5 N–H and O–H groups in total. The molecule has 0 bridgehead atoms. The Morgan fingerprint density at radius 3 is 2.55 bits per heavy atom. The number of aliphatic hydroxyl groups excluding tert-OH is 1. The fraction of sp³-hybridized carbons (Fsp3) is 0.389. The van der Waals surface area contributed by atoms with Crippen molar-refractivity contribution < 1.29 is 33.3 Å². The summed E-state index contributed by atoms with van der Waals surface area (Å²) in [7, 11) is 0. The number of aromatic nitrogens is 2. The molecule has 0 saturated carbocycles. The molecule has 1 fully saturated rings. The van der Waals surface area contributed by atoms with Crippen LogP contribution in [0.1, 0.15) is 22.7 Å². The minimum Gasteiger partial charge on any atom is -0.465 e. The third-order valence-electron chi connectivity index (χ3n) is 5.06. The van der Waals surface area contributed by atoms with Crippen LogP contribution in [0.15, 0.2) is 24.4 Å². The number of carboxylic acid groups (broad SMARTS) is 1. The van der Waals surface area contributed by atoms with Crippen molar-refractivity contribution in [3.8, 4) is 11.3 Å². The van der Waals surface area contributed by atoms with E-state index in [1.165, 1.54) is 17.2 Å².